The van der Waals surface area contributed by atoms with Crippen molar-refractivity contribution in [3.05, 3.63) is 88.7 Å². The highest BCUT2D eigenvalue weighted by atomic mass is 35.5. The molecule has 4 heteroatoms. The summed E-state index contributed by atoms with van der Waals surface area (Å²) >= 11 is 6.11. The molecule has 0 saturated heterocycles. The molecule has 0 aromatic heterocycles. The third kappa shape index (κ3) is 4.93. The van der Waals surface area contributed by atoms with E-state index in [1.54, 1.807) is 18.2 Å². The smallest absolute Gasteiger partial charge is 0.0616 e. The minimum atomic E-state index is 0.385. The molecule has 1 aromatic rings. The Kier molecular flexibility index (Phi) is 6.52. The van der Waals surface area contributed by atoms with Gasteiger partial charge < -0.3 is 16.6 Å². The van der Waals surface area contributed by atoms with Gasteiger partial charge >= 0.3 is 0 Å². The monoisotopic (exact) mass is 337 g/mol. The van der Waals surface area contributed by atoms with Crippen LogP contribution in [0.3, 0.4) is 0 Å². The van der Waals surface area contributed by atoms with Crippen LogP contribution in [0.5, 0.6) is 0 Å². The highest BCUT2D eigenvalue weighted by Gasteiger charge is 2.11. The second-order valence-electron chi connectivity index (χ2n) is 5.28. The number of nitrogens with two attached hydrogens (primary N) is 1. The first-order chi connectivity index (χ1) is 11.6. The Bertz CT molecular complexity index is 780. The standard InChI is InChI=1S/C20H20ClN3/c21-16-7-4-6-15(14-16)18-9-2-1-3-10-19(18)20(24)12-11-17(23)8-5-13-22/h1-4,6-8,10-14,22,24H,5,9,23H2/b12-11-,17-8+,22-13?,24-20?. The van der Waals surface area contributed by atoms with Crippen molar-refractivity contribution in [2.45, 2.75) is 12.8 Å². The van der Waals surface area contributed by atoms with Crippen LogP contribution in [-0.2, 0) is 0 Å². The number of nitrogens with one attached hydrogen (secondary N) is 2. The summed E-state index contributed by atoms with van der Waals surface area (Å²) in [4.78, 5) is 0. The Labute approximate surface area is 147 Å². The van der Waals surface area contributed by atoms with Crippen molar-refractivity contribution in [3.8, 4) is 0 Å². The zero-order chi connectivity index (χ0) is 17.4. The average molecular weight is 338 g/mol. The van der Waals surface area contributed by atoms with Gasteiger partial charge in [0.25, 0.3) is 0 Å². The second kappa shape index (κ2) is 8.85. The van der Waals surface area contributed by atoms with Crippen LogP contribution in [0.15, 0.2) is 78.1 Å². The van der Waals surface area contributed by atoms with Crippen molar-refractivity contribution in [1.29, 1.82) is 10.8 Å². The first-order valence-corrected chi connectivity index (χ1v) is 8.03. The van der Waals surface area contributed by atoms with Crippen molar-refractivity contribution in [2.24, 2.45) is 5.73 Å². The van der Waals surface area contributed by atoms with Crippen LogP contribution >= 0.6 is 11.6 Å². The van der Waals surface area contributed by atoms with Crippen molar-refractivity contribution in [1.82, 2.24) is 0 Å². The number of benzene rings is 1. The molecule has 0 atom stereocenters. The van der Waals surface area contributed by atoms with E-state index in [9.17, 15) is 0 Å². The lowest BCUT2D eigenvalue weighted by Crippen LogP contribution is -2.01. The predicted molar refractivity (Wildman–Crippen MR) is 104 cm³/mol. The molecule has 0 radical (unpaired) electrons. The Balaban J connectivity index is 2.36. The third-order valence-electron chi connectivity index (χ3n) is 3.53. The lowest BCUT2D eigenvalue weighted by molar-refractivity contribution is 1.33. The van der Waals surface area contributed by atoms with E-state index in [0.29, 0.717) is 22.9 Å². The van der Waals surface area contributed by atoms with Gasteiger partial charge in [-0.05, 0) is 48.1 Å². The minimum Gasteiger partial charge on any atom is -0.399 e. The Morgan fingerprint density at radius 1 is 1.25 bits per heavy atom. The third-order valence-corrected chi connectivity index (χ3v) is 3.77. The molecule has 0 bridgehead atoms. The van der Waals surface area contributed by atoms with Gasteiger partial charge in [0.05, 0.1) is 5.71 Å². The molecule has 122 valence electrons. The van der Waals surface area contributed by atoms with E-state index in [0.717, 1.165) is 23.1 Å². The number of hydrogen-bond donors (Lipinski definition) is 3. The van der Waals surface area contributed by atoms with Crippen LogP contribution in [0, 0.1) is 10.8 Å². The topological polar surface area (TPSA) is 73.7 Å². The fraction of sp³-hybridized carbons (Fsp3) is 0.100. The first kappa shape index (κ1) is 17.7. The molecule has 0 unspecified atom stereocenters. The molecule has 1 aliphatic carbocycles. The van der Waals surface area contributed by atoms with Crippen LogP contribution in [0.4, 0.5) is 0 Å². The van der Waals surface area contributed by atoms with E-state index in [2.05, 4.69) is 6.08 Å². The van der Waals surface area contributed by atoms with Gasteiger partial charge in [0.2, 0.25) is 0 Å². The fourth-order valence-corrected chi connectivity index (χ4v) is 2.55. The lowest BCUT2D eigenvalue weighted by Gasteiger charge is -2.11. The Morgan fingerprint density at radius 3 is 2.83 bits per heavy atom. The maximum atomic E-state index is 8.40. The van der Waals surface area contributed by atoms with Gasteiger partial charge in [0.1, 0.15) is 0 Å². The average Bonchev–Trinajstić information content (AvgIpc) is 2.83. The van der Waals surface area contributed by atoms with E-state index < -0.39 is 0 Å². The highest BCUT2D eigenvalue weighted by molar-refractivity contribution is 6.30. The molecule has 0 aliphatic heterocycles. The minimum absolute atomic E-state index is 0.385. The molecule has 3 nitrogen and oxygen atoms in total. The van der Waals surface area contributed by atoms with Crippen molar-refractivity contribution in [2.75, 3.05) is 0 Å². The van der Waals surface area contributed by atoms with Gasteiger partial charge in [-0.15, -0.1) is 0 Å². The van der Waals surface area contributed by atoms with Crippen LogP contribution in [0.1, 0.15) is 18.4 Å². The summed E-state index contributed by atoms with van der Waals surface area (Å²) in [5, 5.41) is 16.1. The molecule has 4 N–H and O–H groups in total. The summed E-state index contributed by atoms with van der Waals surface area (Å²) < 4.78 is 0. The Hall–Kier alpha value is -2.65. The molecule has 1 aromatic carbocycles. The molecule has 0 amide bonds. The van der Waals surface area contributed by atoms with Gasteiger partial charge in [-0.3, -0.25) is 0 Å². The zero-order valence-electron chi connectivity index (χ0n) is 13.3. The summed E-state index contributed by atoms with van der Waals surface area (Å²) in [7, 11) is 0. The number of allylic oxidation sites excluding steroid dienone is 9. The number of hydrogen-bond acceptors (Lipinski definition) is 3. The van der Waals surface area contributed by atoms with E-state index >= 15 is 0 Å². The van der Waals surface area contributed by atoms with Gasteiger partial charge in [-0.25, -0.2) is 0 Å². The summed E-state index contributed by atoms with van der Waals surface area (Å²) in [6.07, 6.45) is 15.5. The zero-order valence-corrected chi connectivity index (χ0v) is 14.1. The molecule has 0 heterocycles. The van der Waals surface area contributed by atoms with Crippen molar-refractivity contribution in [3.63, 3.8) is 0 Å². The van der Waals surface area contributed by atoms with Crippen molar-refractivity contribution >= 4 is 29.1 Å². The van der Waals surface area contributed by atoms with Gasteiger partial charge in [-0.2, -0.15) is 0 Å². The quantitative estimate of drug-likeness (QED) is 0.492. The van der Waals surface area contributed by atoms with Crippen LogP contribution in [0.2, 0.25) is 5.02 Å². The lowest BCUT2D eigenvalue weighted by atomic mass is 9.94. The van der Waals surface area contributed by atoms with Gasteiger partial charge in [-0.1, -0.05) is 54.1 Å². The predicted octanol–water partition coefficient (Wildman–Crippen LogP) is 5.07. The second-order valence-corrected chi connectivity index (χ2v) is 5.72. The van der Waals surface area contributed by atoms with E-state index in [1.807, 2.05) is 42.5 Å². The fourth-order valence-electron chi connectivity index (χ4n) is 2.36. The SMILES string of the molecule is N=CC/C=C(N)\C=C/C(=N)C1=C(c2cccc(Cl)c2)CC=CC=C1. The molecule has 0 spiro atoms. The molecular weight excluding hydrogens is 318 g/mol. The molecule has 0 saturated carbocycles. The molecule has 0 fully saturated rings. The van der Waals surface area contributed by atoms with E-state index in [4.69, 9.17) is 28.2 Å². The maximum Gasteiger partial charge on any atom is 0.0616 e. The van der Waals surface area contributed by atoms with Crippen LogP contribution < -0.4 is 5.73 Å². The number of halogens is 1. The first-order valence-electron chi connectivity index (χ1n) is 7.65. The summed E-state index contributed by atoms with van der Waals surface area (Å²) in [6, 6.07) is 7.68. The van der Waals surface area contributed by atoms with Crippen LogP contribution in [0.25, 0.3) is 5.57 Å². The van der Waals surface area contributed by atoms with Crippen molar-refractivity contribution < 1.29 is 0 Å². The van der Waals surface area contributed by atoms with Gasteiger partial charge in [0.15, 0.2) is 0 Å². The van der Waals surface area contributed by atoms with Gasteiger partial charge in [0, 0.05) is 22.7 Å². The van der Waals surface area contributed by atoms with E-state index in [-0.39, 0.29) is 0 Å². The summed E-state index contributed by atoms with van der Waals surface area (Å²) in [5.41, 5.74) is 9.69. The highest BCUT2D eigenvalue weighted by Crippen LogP contribution is 2.28. The normalized spacial score (nSPS) is 15.0. The summed E-state index contributed by atoms with van der Waals surface area (Å²) in [6.45, 7) is 0. The van der Waals surface area contributed by atoms with Crippen LogP contribution in [-0.4, -0.2) is 11.9 Å². The molecule has 24 heavy (non-hydrogen) atoms. The molecule has 1 aliphatic rings. The molecule has 2 rings (SSSR count). The summed E-state index contributed by atoms with van der Waals surface area (Å²) in [5.74, 6) is 0. The molecular formula is C20H20ClN3. The largest absolute Gasteiger partial charge is 0.399 e. The maximum absolute atomic E-state index is 8.40. The number of rotatable bonds is 6. The Morgan fingerprint density at radius 2 is 2.08 bits per heavy atom. The van der Waals surface area contributed by atoms with E-state index in [1.165, 1.54) is 6.21 Å².